The summed E-state index contributed by atoms with van der Waals surface area (Å²) in [6.07, 6.45) is 0. The highest BCUT2D eigenvalue weighted by atomic mass is 127. The van der Waals surface area contributed by atoms with Crippen LogP contribution >= 0.6 is 22.6 Å². The summed E-state index contributed by atoms with van der Waals surface area (Å²) in [6.45, 7) is 0. The second-order valence-corrected chi connectivity index (χ2v) is 5.59. The van der Waals surface area contributed by atoms with Gasteiger partial charge in [0, 0.05) is 3.57 Å². The molecule has 0 fully saturated rings. The molecule has 0 atom stereocenters. The Morgan fingerprint density at radius 1 is 0.526 bits per heavy atom. The summed E-state index contributed by atoms with van der Waals surface area (Å²) in [5, 5.41) is 0. The molecule has 0 nitrogen and oxygen atoms in total. The van der Waals surface area contributed by atoms with Gasteiger partial charge >= 0.3 is 0 Å². The van der Waals surface area contributed by atoms with E-state index in [-0.39, 0.29) is 0 Å². The van der Waals surface area contributed by atoms with Crippen LogP contribution in [0.3, 0.4) is 0 Å². The Balaban J connectivity index is 2.12. The Labute approximate surface area is 127 Å². The van der Waals surface area contributed by atoms with Gasteiger partial charge in [-0.3, -0.25) is 0 Å². The van der Waals surface area contributed by atoms with E-state index in [4.69, 9.17) is 0 Å². The Bertz CT molecular complexity index is 673. The molecule has 0 N–H and O–H groups in total. The molecule has 3 aromatic carbocycles. The van der Waals surface area contributed by atoms with Gasteiger partial charge in [-0.1, -0.05) is 66.7 Å². The Morgan fingerprint density at radius 2 is 1.11 bits per heavy atom. The zero-order valence-corrected chi connectivity index (χ0v) is 12.5. The van der Waals surface area contributed by atoms with E-state index in [9.17, 15) is 0 Å². The van der Waals surface area contributed by atoms with Crippen molar-refractivity contribution in [3.63, 3.8) is 0 Å². The van der Waals surface area contributed by atoms with Gasteiger partial charge in [0.15, 0.2) is 0 Å². The Morgan fingerprint density at radius 3 is 1.74 bits per heavy atom. The van der Waals surface area contributed by atoms with E-state index in [0.29, 0.717) is 0 Å². The van der Waals surface area contributed by atoms with Gasteiger partial charge in [0.25, 0.3) is 0 Å². The molecule has 0 aliphatic rings. The third-order valence-electron chi connectivity index (χ3n) is 3.16. The van der Waals surface area contributed by atoms with Crippen LogP contribution in [0.1, 0.15) is 0 Å². The molecule has 0 saturated heterocycles. The average molecular weight is 356 g/mol. The van der Waals surface area contributed by atoms with E-state index in [1.165, 1.54) is 25.8 Å². The van der Waals surface area contributed by atoms with Crippen molar-refractivity contribution in [2.75, 3.05) is 0 Å². The predicted octanol–water partition coefficient (Wildman–Crippen LogP) is 5.63. The largest absolute Gasteiger partial charge is 0.0622 e. The van der Waals surface area contributed by atoms with Crippen molar-refractivity contribution in [2.24, 2.45) is 0 Å². The first-order valence-corrected chi connectivity index (χ1v) is 7.33. The van der Waals surface area contributed by atoms with Crippen molar-refractivity contribution in [3.8, 4) is 22.3 Å². The van der Waals surface area contributed by atoms with Gasteiger partial charge in [-0.05, 0) is 57.0 Å². The number of hydrogen-bond acceptors (Lipinski definition) is 0. The van der Waals surface area contributed by atoms with Gasteiger partial charge in [-0.15, -0.1) is 0 Å². The van der Waals surface area contributed by atoms with E-state index in [1.54, 1.807) is 0 Å². The number of benzene rings is 3. The quantitative estimate of drug-likeness (QED) is 0.523. The molecule has 0 unspecified atom stereocenters. The molecule has 0 bridgehead atoms. The molecule has 0 aliphatic heterocycles. The van der Waals surface area contributed by atoms with Crippen molar-refractivity contribution in [1.29, 1.82) is 0 Å². The van der Waals surface area contributed by atoms with Gasteiger partial charge < -0.3 is 0 Å². The van der Waals surface area contributed by atoms with E-state index in [2.05, 4.69) is 95.4 Å². The van der Waals surface area contributed by atoms with E-state index in [1.807, 2.05) is 6.07 Å². The predicted molar refractivity (Wildman–Crippen MR) is 90.0 cm³/mol. The van der Waals surface area contributed by atoms with Crippen molar-refractivity contribution >= 4 is 22.6 Å². The fraction of sp³-hybridized carbons (Fsp3) is 0. The molecule has 3 rings (SSSR count). The van der Waals surface area contributed by atoms with Crippen molar-refractivity contribution in [2.45, 2.75) is 0 Å². The number of halogens is 1. The number of rotatable bonds is 2. The summed E-state index contributed by atoms with van der Waals surface area (Å²) in [5.74, 6) is 0. The molecule has 0 amide bonds. The van der Waals surface area contributed by atoms with Crippen molar-refractivity contribution in [1.82, 2.24) is 0 Å². The van der Waals surface area contributed by atoms with Gasteiger partial charge in [-0.25, -0.2) is 0 Å². The second-order valence-electron chi connectivity index (χ2n) is 4.43. The molecule has 0 aromatic heterocycles. The second kappa shape index (κ2) is 5.57. The van der Waals surface area contributed by atoms with Gasteiger partial charge in [0.1, 0.15) is 0 Å². The van der Waals surface area contributed by atoms with Crippen molar-refractivity contribution in [3.05, 3.63) is 82.4 Å². The molecule has 3 aromatic rings. The lowest BCUT2D eigenvalue weighted by molar-refractivity contribution is 1.56. The number of hydrogen-bond donors (Lipinski definition) is 0. The molecule has 0 aliphatic carbocycles. The van der Waals surface area contributed by atoms with Crippen LogP contribution in [0.5, 0.6) is 0 Å². The monoisotopic (exact) mass is 356 g/mol. The molecular formula is C18H13I. The maximum Gasteiger partial charge on any atom is 0.0209 e. The zero-order chi connectivity index (χ0) is 13.1. The highest BCUT2D eigenvalue weighted by Gasteiger charge is 2.05. The third-order valence-corrected chi connectivity index (χ3v) is 4.10. The van der Waals surface area contributed by atoms with Gasteiger partial charge in [0.2, 0.25) is 0 Å². The molecule has 0 radical (unpaired) electrons. The van der Waals surface area contributed by atoms with Crippen LogP contribution in [-0.4, -0.2) is 0 Å². The SMILES string of the molecule is Ic1ccc(-c2ccccc2)cc1-c1ccccc1. The maximum atomic E-state index is 2.40. The lowest BCUT2D eigenvalue weighted by Crippen LogP contribution is -1.85. The minimum absolute atomic E-state index is 1.26. The minimum atomic E-state index is 1.26. The molecular weight excluding hydrogens is 343 g/mol. The summed E-state index contributed by atoms with van der Waals surface area (Å²) < 4.78 is 1.28. The molecule has 1 heteroatoms. The van der Waals surface area contributed by atoms with E-state index in [0.717, 1.165) is 0 Å². The van der Waals surface area contributed by atoms with Gasteiger partial charge in [-0.2, -0.15) is 0 Å². The molecule has 0 heterocycles. The summed E-state index contributed by atoms with van der Waals surface area (Å²) >= 11 is 2.40. The summed E-state index contributed by atoms with van der Waals surface area (Å²) in [7, 11) is 0. The minimum Gasteiger partial charge on any atom is -0.0622 e. The molecule has 0 saturated carbocycles. The van der Waals surface area contributed by atoms with E-state index >= 15 is 0 Å². The van der Waals surface area contributed by atoms with Gasteiger partial charge in [0.05, 0.1) is 0 Å². The van der Waals surface area contributed by atoms with Crippen LogP contribution in [0.2, 0.25) is 0 Å². The topological polar surface area (TPSA) is 0 Å². The first-order chi connectivity index (χ1) is 9.34. The average Bonchev–Trinajstić information content (AvgIpc) is 2.49. The van der Waals surface area contributed by atoms with E-state index < -0.39 is 0 Å². The lowest BCUT2D eigenvalue weighted by atomic mass is 9.99. The molecule has 92 valence electrons. The summed E-state index contributed by atoms with van der Waals surface area (Å²) in [4.78, 5) is 0. The molecule has 19 heavy (non-hydrogen) atoms. The fourth-order valence-electron chi connectivity index (χ4n) is 2.17. The van der Waals surface area contributed by atoms with Crippen molar-refractivity contribution < 1.29 is 0 Å². The third kappa shape index (κ3) is 2.71. The zero-order valence-electron chi connectivity index (χ0n) is 10.4. The maximum absolute atomic E-state index is 2.40. The fourth-order valence-corrected chi connectivity index (χ4v) is 2.82. The highest BCUT2D eigenvalue weighted by Crippen LogP contribution is 2.30. The standard InChI is InChI=1S/C18H13I/c19-18-12-11-16(14-7-3-1-4-8-14)13-17(18)15-9-5-2-6-10-15/h1-13H. The summed E-state index contributed by atoms with van der Waals surface area (Å²) in [5.41, 5.74) is 5.09. The first kappa shape index (κ1) is 12.4. The first-order valence-electron chi connectivity index (χ1n) is 6.25. The Kier molecular flexibility index (Phi) is 3.65. The van der Waals surface area contributed by atoms with Crippen LogP contribution in [0.15, 0.2) is 78.9 Å². The van der Waals surface area contributed by atoms with Crippen LogP contribution in [0, 0.1) is 3.57 Å². The van der Waals surface area contributed by atoms with Crippen LogP contribution < -0.4 is 0 Å². The lowest BCUT2D eigenvalue weighted by Gasteiger charge is -2.08. The smallest absolute Gasteiger partial charge is 0.0209 e. The Hall–Kier alpha value is -1.61. The molecule has 0 spiro atoms. The van der Waals surface area contributed by atoms with Crippen LogP contribution in [0.25, 0.3) is 22.3 Å². The van der Waals surface area contributed by atoms with Crippen LogP contribution in [-0.2, 0) is 0 Å². The normalized spacial score (nSPS) is 10.4. The van der Waals surface area contributed by atoms with Crippen LogP contribution in [0.4, 0.5) is 0 Å². The summed E-state index contributed by atoms with van der Waals surface area (Å²) in [6, 6.07) is 27.7. The highest BCUT2D eigenvalue weighted by molar-refractivity contribution is 14.1.